The van der Waals surface area contributed by atoms with Crippen LogP contribution in [0.15, 0.2) is 35.3 Å². The van der Waals surface area contributed by atoms with Crippen molar-refractivity contribution in [1.82, 2.24) is 4.57 Å². The van der Waals surface area contributed by atoms with Gasteiger partial charge in [-0.3, -0.25) is 14.9 Å². The van der Waals surface area contributed by atoms with Gasteiger partial charge in [-0.05, 0) is 24.1 Å². The lowest BCUT2D eigenvalue weighted by atomic mass is 10.1. The number of unbranched alkanes of at least 4 members (excludes halogenated alkanes) is 2. The Labute approximate surface area is 150 Å². The summed E-state index contributed by atoms with van der Waals surface area (Å²) >= 11 is 0. The first-order chi connectivity index (χ1) is 12.6. The summed E-state index contributed by atoms with van der Waals surface area (Å²) in [5.41, 5.74) is 0.178. The van der Waals surface area contributed by atoms with E-state index in [2.05, 4.69) is 6.92 Å². The maximum Gasteiger partial charge on any atom is 0.315 e. The predicted octanol–water partition coefficient (Wildman–Crippen LogP) is 3.10. The van der Waals surface area contributed by atoms with Crippen LogP contribution in [-0.2, 0) is 6.54 Å². The molecule has 1 aromatic carbocycles. The van der Waals surface area contributed by atoms with Crippen LogP contribution in [0.3, 0.4) is 0 Å². The Morgan fingerprint density at radius 3 is 2.85 bits per heavy atom. The Kier molecular flexibility index (Phi) is 5.40. The lowest BCUT2D eigenvalue weighted by Crippen LogP contribution is -2.19. The summed E-state index contributed by atoms with van der Waals surface area (Å²) in [4.78, 5) is 23.0. The molecule has 8 nitrogen and oxygen atoms in total. The van der Waals surface area contributed by atoms with Crippen molar-refractivity contribution in [1.29, 1.82) is 0 Å². The Balaban J connectivity index is 1.76. The molecule has 26 heavy (non-hydrogen) atoms. The van der Waals surface area contributed by atoms with Gasteiger partial charge in [-0.15, -0.1) is 0 Å². The van der Waals surface area contributed by atoms with Crippen LogP contribution < -0.4 is 19.8 Å². The molecule has 0 saturated heterocycles. The topological polar surface area (TPSA) is 92.8 Å². The second kappa shape index (κ2) is 7.90. The molecule has 0 bridgehead atoms. The molecule has 1 aliphatic rings. The lowest BCUT2D eigenvalue weighted by molar-refractivity contribution is -0.385. The highest BCUT2D eigenvalue weighted by molar-refractivity contribution is 5.59. The number of aromatic nitrogens is 1. The van der Waals surface area contributed by atoms with E-state index in [1.54, 1.807) is 18.3 Å². The second-order valence-corrected chi connectivity index (χ2v) is 5.99. The first-order valence-electron chi connectivity index (χ1n) is 8.48. The summed E-state index contributed by atoms with van der Waals surface area (Å²) in [5, 5.41) is 11.2. The number of ether oxygens (including phenoxy) is 3. The number of benzene rings is 1. The van der Waals surface area contributed by atoms with Gasteiger partial charge in [0.05, 0.1) is 18.1 Å². The molecule has 0 saturated carbocycles. The highest BCUT2D eigenvalue weighted by atomic mass is 16.7. The van der Waals surface area contributed by atoms with Crippen LogP contribution in [0.1, 0.15) is 31.7 Å². The van der Waals surface area contributed by atoms with E-state index in [-0.39, 0.29) is 30.3 Å². The highest BCUT2D eigenvalue weighted by Crippen LogP contribution is 2.41. The molecule has 0 radical (unpaired) electrons. The quantitative estimate of drug-likeness (QED) is 0.408. The van der Waals surface area contributed by atoms with Gasteiger partial charge in [0, 0.05) is 18.3 Å². The number of nitro benzene ring substituents is 1. The molecule has 0 unspecified atom stereocenters. The van der Waals surface area contributed by atoms with E-state index >= 15 is 0 Å². The molecule has 0 spiro atoms. The van der Waals surface area contributed by atoms with Gasteiger partial charge in [-0.25, -0.2) is 0 Å². The summed E-state index contributed by atoms with van der Waals surface area (Å²) < 4.78 is 17.4. The van der Waals surface area contributed by atoms with E-state index in [0.29, 0.717) is 23.7 Å². The molecule has 0 fully saturated rings. The molecule has 138 valence electrons. The van der Waals surface area contributed by atoms with Crippen LogP contribution in [0.25, 0.3) is 0 Å². The normalized spacial score (nSPS) is 12.2. The maximum atomic E-state index is 12.3. The van der Waals surface area contributed by atoms with Gasteiger partial charge in [0.1, 0.15) is 5.75 Å². The molecule has 2 aromatic rings. The molecule has 1 aromatic heterocycles. The first-order valence-corrected chi connectivity index (χ1v) is 8.48. The van der Waals surface area contributed by atoms with Crippen LogP contribution in [0.5, 0.6) is 17.2 Å². The predicted molar refractivity (Wildman–Crippen MR) is 94.0 cm³/mol. The van der Waals surface area contributed by atoms with Gasteiger partial charge < -0.3 is 18.8 Å². The van der Waals surface area contributed by atoms with Crippen molar-refractivity contribution in [3.8, 4) is 17.2 Å². The van der Waals surface area contributed by atoms with Gasteiger partial charge >= 0.3 is 5.69 Å². The molecule has 8 heteroatoms. The van der Waals surface area contributed by atoms with E-state index < -0.39 is 4.92 Å². The third-order valence-corrected chi connectivity index (χ3v) is 4.05. The Morgan fingerprint density at radius 2 is 2.12 bits per heavy atom. The number of rotatable bonds is 8. The largest absolute Gasteiger partial charge is 0.493 e. The van der Waals surface area contributed by atoms with Gasteiger partial charge in [-0.1, -0.05) is 19.8 Å². The third kappa shape index (κ3) is 3.96. The highest BCUT2D eigenvalue weighted by Gasteiger charge is 2.26. The molecule has 1 aliphatic heterocycles. The number of nitro groups is 1. The van der Waals surface area contributed by atoms with E-state index in [1.807, 2.05) is 0 Å². The summed E-state index contributed by atoms with van der Waals surface area (Å²) in [7, 11) is 0. The fourth-order valence-corrected chi connectivity index (χ4v) is 2.72. The van der Waals surface area contributed by atoms with Gasteiger partial charge in [-0.2, -0.15) is 0 Å². The molecule has 0 aliphatic carbocycles. The zero-order valence-corrected chi connectivity index (χ0v) is 14.5. The molecule has 0 N–H and O–H groups in total. The maximum absolute atomic E-state index is 12.3. The number of hydrogen-bond acceptors (Lipinski definition) is 6. The number of fused-ring (bicyclic) bond motifs is 1. The average molecular weight is 360 g/mol. The van der Waals surface area contributed by atoms with Crippen LogP contribution in [0.4, 0.5) is 5.69 Å². The summed E-state index contributed by atoms with van der Waals surface area (Å²) in [6.07, 6.45) is 4.75. The lowest BCUT2D eigenvalue weighted by Gasteiger charge is -2.09. The number of nitrogens with zero attached hydrogens (tertiary/aromatic N) is 2. The van der Waals surface area contributed by atoms with Crippen LogP contribution in [0, 0.1) is 10.1 Å². The standard InChI is InChI=1S/C18H20N2O6/c1-2-3-4-7-24-14-5-6-19(17(21)10-14)11-13-8-15(20(22)23)18-16(9-13)25-12-26-18/h5-6,8-10H,2-4,7,11-12H2,1H3. The van der Waals surface area contributed by atoms with Crippen molar-refractivity contribution in [2.75, 3.05) is 13.4 Å². The minimum Gasteiger partial charge on any atom is -0.493 e. The van der Waals surface area contributed by atoms with Gasteiger partial charge in [0.2, 0.25) is 12.5 Å². The van der Waals surface area contributed by atoms with Crippen molar-refractivity contribution in [2.24, 2.45) is 0 Å². The van der Waals surface area contributed by atoms with E-state index in [0.717, 1.165) is 19.3 Å². The van der Waals surface area contributed by atoms with Crippen LogP contribution in [0.2, 0.25) is 0 Å². The Bertz CT molecular complexity index is 861. The summed E-state index contributed by atoms with van der Waals surface area (Å²) in [6.45, 7) is 2.82. The SMILES string of the molecule is CCCCCOc1ccn(Cc2cc3c(c([N+](=O)[O-])c2)OCO3)c(=O)c1. The van der Waals surface area contributed by atoms with Crippen molar-refractivity contribution in [3.63, 3.8) is 0 Å². The van der Waals surface area contributed by atoms with Crippen molar-refractivity contribution in [2.45, 2.75) is 32.7 Å². The summed E-state index contributed by atoms with van der Waals surface area (Å²) in [5.74, 6) is 0.971. The van der Waals surface area contributed by atoms with Crippen molar-refractivity contribution >= 4 is 5.69 Å². The van der Waals surface area contributed by atoms with Crippen LogP contribution in [-0.4, -0.2) is 22.9 Å². The number of hydrogen-bond donors (Lipinski definition) is 0. The summed E-state index contributed by atoms with van der Waals surface area (Å²) in [6, 6.07) is 6.19. The zero-order valence-electron chi connectivity index (χ0n) is 14.5. The van der Waals surface area contributed by atoms with Crippen molar-refractivity contribution in [3.05, 3.63) is 56.5 Å². The number of pyridine rings is 1. The Morgan fingerprint density at radius 1 is 1.27 bits per heavy atom. The molecule has 0 atom stereocenters. The third-order valence-electron chi connectivity index (χ3n) is 4.05. The fraction of sp³-hybridized carbons (Fsp3) is 0.389. The minimum atomic E-state index is -0.521. The van der Waals surface area contributed by atoms with E-state index in [4.69, 9.17) is 14.2 Å². The smallest absolute Gasteiger partial charge is 0.315 e. The van der Waals surface area contributed by atoms with Crippen LogP contribution >= 0.6 is 0 Å². The fourth-order valence-electron chi connectivity index (χ4n) is 2.72. The first kappa shape index (κ1) is 17.8. The molecule has 3 rings (SSSR count). The van der Waals surface area contributed by atoms with E-state index in [1.165, 1.54) is 16.7 Å². The van der Waals surface area contributed by atoms with Gasteiger partial charge in [0.25, 0.3) is 5.56 Å². The van der Waals surface area contributed by atoms with Gasteiger partial charge in [0.15, 0.2) is 5.75 Å². The monoisotopic (exact) mass is 360 g/mol. The molecule has 0 amide bonds. The average Bonchev–Trinajstić information content (AvgIpc) is 3.08. The van der Waals surface area contributed by atoms with E-state index in [9.17, 15) is 14.9 Å². The molecular weight excluding hydrogens is 340 g/mol. The minimum absolute atomic E-state index is 0.0519. The molecule has 2 heterocycles. The van der Waals surface area contributed by atoms with Crippen molar-refractivity contribution < 1.29 is 19.1 Å². The second-order valence-electron chi connectivity index (χ2n) is 5.99. The zero-order chi connectivity index (χ0) is 18.5. The molecular formula is C18H20N2O6. The Hall–Kier alpha value is -3.03.